The van der Waals surface area contributed by atoms with Gasteiger partial charge >= 0.3 is 0 Å². The summed E-state index contributed by atoms with van der Waals surface area (Å²) in [6.45, 7) is 0. The van der Waals surface area contributed by atoms with Crippen LogP contribution in [-0.2, 0) is 0 Å². The lowest BCUT2D eigenvalue weighted by atomic mass is 10.2. The van der Waals surface area contributed by atoms with Crippen molar-refractivity contribution in [1.82, 2.24) is 0 Å². The first-order valence-corrected chi connectivity index (χ1v) is 7.54. The fraction of sp³-hybridized carbons (Fsp3) is 0. The summed E-state index contributed by atoms with van der Waals surface area (Å²) in [4.78, 5) is 2.27. The van der Waals surface area contributed by atoms with Crippen LogP contribution in [0.3, 0.4) is 0 Å². The maximum Gasteiger partial charge on any atom is 0.123 e. The topological polar surface area (TPSA) is 49.9 Å². The van der Waals surface area contributed by atoms with Crippen molar-refractivity contribution in [1.29, 1.82) is 5.41 Å². The summed E-state index contributed by atoms with van der Waals surface area (Å²) in [5.41, 5.74) is 6.19. The van der Waals surface area contributed by atoms with Crippen molar-refractivity contribution in [3.8, 4) is 0 Å². The standard InChI is InChI=1S/C13H10Br2N2S/c14-8-1-3-9(4-2-8)18-10-5-6-11(13(16)17)12(15)7-10/h1-7H,(H3,16,17). The van der Waals surface area contributed by atoms with Gasteiger partial charge in [0.2, 0.25) is 0 Å². The molecule has 0 spiro atoms. The van der Waals surface area contributed by atoms with Gasteiger partial charge < -0.3 is 5.73 Å². The summed E-state index contributed by atoms with van der Waals surface area (Å²) in [6, 6.07) is 13.9. The number of hydrogen-bond acceptors (Lipinski definition) is 2. The molecule has 0 aliphatic heterocycles. The van der Waals surface area contributed by atoms with Crippen molar-refractivity contribution in [2.24, 2.45) is 5.73 Å². The van der Waals surface area contributed by atoms with E-state index in [0.29, 0.717) is 0 Å². The van der Waals surface area contributed by atoms with Gasteiger partial charge in [0.15, 0.2) is 0 Å². The largest absolute Gasteiger partial charge is 0.384 e. The molecule has 3 N–H and O–H groups in total. The molecule has 0 saturated heterocycles. The van der Waals surface area contributed by atoms with Gasteiger partial charge in [-0.2, -0.15) is 0 Å². The minimum absolute atomic E-state index is 0.0714. The number of rotatable bonds is 3. The lowest BCUT2D eigenvalue weighted by Gasteiger charge is -2.06. The van der Waals surface area contributed by atoms with E-state index in [1.165, 1.54) is 4.90 Å². The first-order chi connectivity index (χ1) is 8.56. The number of amidine groups is 1. The maximum atomic E-state index is 7.43. The Morgan fingerprint density at radius 3 is 2.17 bits per heavy atom. The Kier molecular flexibility index (Phi) is 4.48. The summed E-state index contributed by atoms with van der Waals surface area (Å²) >= 11 is 8.51. The van der Waals surface area contributed by atoms with Crippen LogP contribution in [0.5, 0.6) is 0 Å². The highest BCUT2D eigenvalue weighted by atomic mass is 79.9. The third-order valence-corrected chi connectivity index (χ3v) is 4.46. The van der Waals surface area contributed by atoms with Crippen LogP contribution in [0, 0.1) is 5.41 Å². The van der Waals surface area contributed by atoms with E-state index in [2.05, 4.69) is 44.0 Å². The van der Waals surface area contributed by atoms with E-state index in [4.69, 9.17) is 11.1 Å². The number of nitrogen functional groups attached to an aromatic ring is 1. The first kappa shape index (κ1) is 13.6. The lowest BCUT2D eigenvalue weighted by molar-refractivity contribution is 1.35. The Balaban J connectivity index is 2.22. The summed E-state index contributed by atoms with van der Waals surface area (Å²) in [5.74, 6) is 0.0714. The van der Waals surface area contributed by atoms with Crippen LogP contribution in [0.4, 0.5) is 0 Å². The molecule has 0 atom stereocenters. The second-order valence-electron chi connectivity index (χ2n) is 3.61. The van der Waals surface area contributed by atoms with Crippen LogP contribution in [-0.4, -0.2) is 5.84 Å². The van der Waals surface area contributed by atoms with Crippen molar-refractivity contribution in [3.63, 3.8) is 0 Å². The van der Waals surface area contributed by atoms with E-state index in [9.17, 15) is 0 Å². The van der Waals surface area contributed by atoms with Gasteiger partial charge in [-0.1, -0.05) is 27.7 Å². The zero-order chi connectivity index (χ0) is 13.1. The van der Waals surface area contributed by atoms with Gasteiger partial charge in [0.25, 0.3) is 0 Å². The zero-order valence-electron chi connectivity index (χ0n) is 9.28. The SMILES string of the molecule is N=C(N)c1ccc(Sc2ccc(Br)cc2)cc1Br. The molecule has 0 fully saturated rings. The molecule has 2 aromatic carbocycles. The fourth-order valence-electron chi connectivity index (χ4n) is 1.42. The van der Waals surface area contributed by atoms with Gasteiger partial charge in [0.05, 0.1) is 0 Å². The van der Waals surface area contributed by atoms with Crippen LogP contribution in [0.1, 0.15) is 5.56 Å². The third-order valence-electron chi connectivity index (χ3n) is 2.28. The van der Waals surface area contributed by atoms with Crippen LogP contribution < -0.4 is 5.73 Å². The van der Waals surface area contributed by atoms with Gasteiger partial charge in [-0.3, -0.25) is 5.41 Å². The van der Waals surface area contributed by atoms with Gasteiger partial charge in [-0.15, -0.1) is 0 Å². The summed E-state index contributed by atoms with van der Waals surface area (Å²) in [6.07, 6.45) is 0. The molecule has 0 amide bonds. The number of nitrogens with two attached hydrogens (primary N) is 1. The van der Waals surface area contributed by atoms with E-state index < -0.39 is 0 Å². The molecule has 92 valence electrons. The second kappa shape index (κ2) is 5.91. The minimum Gasteiger partial charge on any atom is -0.384 e. The third kappa shape index (κ3) is 3.37. The van der Waals surface area contributed by atoms with Crippen molar-refractivity contribution >= 4 is 49.5 Å². The van der Waals surface area contributed by atoms with E-state index in [-0.39, 0.29) is 5.84 Å². The smallest absolute Gasteiger partial charge is 0.123 e. The molecule has 0 aliphatic carbocycles. The van der Waals surface area contributed by atoms with Crippen LogP contribution in [0.2, 0.25) is 0 Å². The average Bonchev–Trinajstić information content (AvgIpc) is 2.32. The lowest BCUT2D eigenvalue weighted by Crippen LogP contribution is -2.11. The molecule has 0 heterocycles. The van der Waals surface area contributed by atoms with Crippen molar-refractivity contribution in [3.05, 3.63) is 57.0 Å². The van der Waals surface area contributed by atoms with Crippen molar-refractivity contribution < 1.29 is 0 Å². The number of nitrogens with one attached hydrogen (secondary N) is 1. The molecular formula is C13H10Br2N2S. The van der Waals surface area contributed by atoms with E-state index in [1.807, 2.05) is 30.3 Å². The average molecular weight is 386 g/mol. The minimum atomic E-state index is 0.0714. The Bertz CT molecular complexity index is 582. The van der Waals surface area contributed by atoms with Gasteiger partial charge in [0.1, 0.15) is 5.84 Å². The predicted molar refractivity (Wildman–Crippen MR) is 83.4 cm³/mol. The van der Waals surface area contributed by atoms with Crippen molar-refractivity contribution in [2.45, 2.75) is 9.79 Å². The quantitative estimate of drug-likeness (QED) is 0.596. The normalized spacial score (nSPS) is 10.3. The fourth-order valence-corrected chi connectivity index (χ4v) is 3.28. The molecule has 0 aliphatic rings. The highest BCUT2D eigenvalue weighted by Crippen LogP contribution is 2.31. The molecule has 18 heavy (non-hydrogen) atoms. The number of hydrogen-bond donors (Lipinski definition) is 2. The highest BCUT2D eigenvalue weighted by molar-refractivity contribution is 9.10. The van der Waals surface area contributed by atoms with E-state index >= 15 is 0 Å². The highest BCUT2D eigenvalue weighted by Gasteiger charge is 2.05. The van der Waals surface area contributed by atoms with Crippen LogP contribution in [0.25, 0.3) is 0 Å². The van der Waals surface area contributed by atoms with Crippen LogP contribution >= 0.6 is 43.6 Å². The van der Waals surface area contributed by atoms with Gasteiger partial charge in [-0.25, -0.2) is 0 Å². The molecule has 0 bridgehead atoms. The molecule has 0 unspecified atom stereocenters. The Hall–Kier alpha value is -0.780. The van der Waals surface area contributed by atoms with Gasteiger partial charge in [-0.05, 0) is 58.4 Å². The summed E-state index contributed by atoms with van der Waals surface area (Å²) in [5, 5.41) is 7.43. The summed E-state index contributed by atoms with van der Waals surface area (Å²) < 4.78 is 1.91. The zero-order valence-corrected chi connectivity index (χ0v) is 13.3. The molecule has 0 radical (unpaired) electrons. The Labute approximate surface area is 127 Å². The van der Waals surface area contributed by atoms with E-state index in [1.54, 1.807) is 11.8 Å². The summed E-state index contributed by atoms with van der Waals surface area (Å²) in [7, 11) is 0. The number of halogens is 2. The van der Waals surface area contributed by atoms with Gasteiger partial charge in [0, 0.05) is 24.3 Å². The predicted octanol–water partition coefficient (Wildman–Crippen LogP) is 4.65. The Morgan fingerprint density at radius 1 is 1.00 bits per heavy atom. The van der Waals surface area contributed by atoms with E-state index in [0.717, 1.165) is 19.4 Å². The monoisotopic (exact) mass is 384 g/mol. The first-order valence-electron chi connectivity index (χ1n) is 5.13. The van der Waals surface area contributed by atoms with Crippen molar-refractivity contribution in [2.75, 3.05) is 0 Å². The molecular weight excluding hydrogens is 376 g/mol. The molecule has 0 aromatic heterocycles. The molecule has 2 rings (SSSR count). The second-order valence-corrected chi connectivity index (χ2v) is 6.53. The van der Waals surface area contributed by atoms with Crippen LogP contribution in [0.15, 0.2) is 61.2 Å². The molecule has 5 heteroatoms. The molecule has 2 nitrogen and oxygen atoms in total. The molecule has 2 aromatic rings. The molecule has 0 saturated carbocycles. The Morgan fingerprint density at radius 2 is 1.61 bits per heavy atom. The number of benzene rings is 2. The maximum absolute atomic E-state index is 7.43.